The first-order chi connectivity index (χ1) is 9.17. The molecule has 1 fully saturated rings. The van der Waals surface area contributed by atoms with E-state index in [9.17, 15) is 9.90 Å². The second-order valence-electron chi connectivity index (χ2n) is 4.61. The Bertz CT molecular complexity index is 464. The summed E-state index contributed by atoms with van der Waals surface area (Å²) in [5.74, 6) is -0.0998. The van der Waals surface area contributed by atoms with Crippen LogP contribution in [0.2, 0.25) is 0 Å². The van der Waals surface area contributed by atoms with Gasteiger partial charge in [0.25, 0.3) is 5.91 Å². The summed E-state index contributed by atoms with van der Waals surface area (Å²) in [5, 5.41) is 17.4. The van der Waals surface area contributed by atoms with Crippen LogP contribution in [0.4, 0.5) is 0 Å². The van der Waals surface area contributed by atoms with Crippen molar-refractivity contribution in [1.82, 2.24) is 15.1 Å². The number of hydrogen-bond acceptors (Lipinski definition) is 5. The van der Waals surface area contributed by atoms with Crippen LogP contribution in [-0.4, -0.2) is 58.5 Å². The van der Waals surface area contributed by atoms with Crippen molar-refractivity contribution in [3.8, 4) is 0 Å². The number of carbonyl (C=O) groups excluding carboxylic acids is 1. The minimum Gasteiger partial charge on any atom is -0.394 e. The van der Waals surface area contributed by atoms with Crippen LogP contribution in [0, 0.1) is 6.92 Å². The van der Waals surface area contributed by atoms with Gasteiger partial charge in [-0.05, 0) is 19.4 Å². The third-order valence-electron chi connectivity index (χ3n) is 3.26. The van der Waals surface area contributed by atoms with Crippen LogP contribution in [0.3, 0.4) is 0 Å². The lowest BCUT2D eigenvalue weighted by Gasteiger charge is -2.34. The Balaban J connectivity index is 2.29. The molecule has 2 rings (SSSR count). The van der Waals surface area contributed by atoms with Gasteiger partial charge in [-0.25, -0.2) is 0 Å². The van der Waals surface area contributed by atoms with E-state index in [0.717, 1.165) is 0 Å². The molecule has 0 aromatic carbocycles. The summed E-state index contributed by atoms with van der Waals surface area (Å²) >= 11 is 0. The first-order valence-corrected chi connectivity index (χ1v) is 6.50. The Kier molecular flexibility index (Phi) is 4.44. The molecule has 0 saturated carbocycles. The molecular formula is C13H19N3O3. The summed E-state index contributed by atoms with van der Waals surface area (Å²) in [6.07, 6.45) is 0.655. The molecule has 0 radical (unpaired) electrons. The molecule has 1 aliphatic rings. The van der Waals surface area contributed by atoms with Crippen LogP contribution in [0.15, 0.2) is 6.07 Å². The number of nitrogens with zero attached hydrogens (tertiary/aromatic N) is 3. The third kappa shape index (κ3) is 2.90. The van der Waals surface area contributed by atoms with E-state index in [0.29, 0.717) is 43.1 Å². The van der Waals surface area contributed by atoms with Crippen LogP contribution in [0.25, 0.3) is 0 Å². The molecule has 1 aromatic rings. The molecule has 19 heavy (non-hydrogen) atoms. The first-order valence-electron chi connectivity index (χ1n) is 6.50. The fourth-order valence-corrected chi connectivity index (χ4v) is 2.19. The minimum atomic E-state index is -0.278. The Hall–Kier alpha value is -1.53. The van der Waals surface area contributed by atoms with Gasteiger partial charge in [-0.2, -0.15) is 10.2 Å². The van der Waals surface area contributed by atoms with Gasteiger partial charge in [-0.3, -0.25) is 4.79 Å². The Morgan fingerprint density at radius 2 is 2.37 bits per heavy atom. The predicted octanol–water partition coefficient (Wildman–Crippen LogP) is 0.181. The lowest BCUT2D eigenvalue weighted by molar-refractivity contribution is -0.0184. The SMILES string of the molecule is CCc1nnc(C)cc1C(=O)N1CCOCC1CO. The van der Waals surface area contributed by atoms with Gasteiger partial charge in [0.1, 0.15) is 0 Å². The maximum Gasteiger partial charge on any atom is 0.256 e. The van der Waals surface area contributed by atoms with Gasteiger partial charge in [-0.1, -0.05) is 6.92 Å². The Morgan fingerprint density at radius 3 is 3.05 bits per heavy atom. The lowest BCUT2D eigenvalue weighted by atomic mass is 10.1. The third-order valence-corrected chi connectivity index (χ3v) is 3.26. The maximum absolute atomic E-state index is 12.6. The minimum absolute atomic E-state index is 0.0926. The molecule has 0 bridgehead atoms. The van der Waals surface area contributed by atoms with E-state index in [4.69, 9.17) is 4.74 Å². The zero-order chi connectivity index (χ0) is 13.8. The summed E-state index contributed by atoms with van der Waals surface area (Å²) < 4.78 is 5.29. The van der Waals surface area contributed by atoms with E-state index < -0.39 is 0 Å². The van der Waals surface area contributed by atoms with Crippen molar-refractivity contribution >= 4 is 5.91 Å². The predicted molar refractivity (Wildman–Crippen MR) is 68.9 cm³/mol. The lowest BCUT2D eigenvalue weighted by Crippen LogP contribution is -2.50. The molecule has 1 saturated heterocycles. The van der Waals surface area contributed by atoms with E-state index in [1.54, 1.807) is 11.0 Å². The monoisotopic (exact) mass is 265 g/mol. The van der Waals surface area contributed by atoms with Crippen molar-refractivity contribution in [1.29, 1.82) is 0 Å². The van der Waals surface area contributed by atoms with Gasteiger partial charge in [0.05, 0.1) is 42.8 Å². The average Bonchev–Trinajstić information content (AvgIpc) is 2.46. The van der Waals surface area contributed by atoms with Gasteiger partial charge in [0.2, 0.25) is 0 Å². The van der Waals surface area contributed by atoms with E-state index in [1.807, 2.05) is 13.8 Å². The highest BCUT2D eigenvalue weighted by molar-refractivity contribution is 5.95. The second-order valence-corrected chi connectivity index (χ2v) is 4.61. The van der Waals surface area contributed by atoms with Crippen molar-refractivity contribution in [2.75, 3.05) is 26.4 Å². The molecule has 6 heteroatoms. The van der Waals surface area contributed by atoms with E-state index in [-0.39, 0.29) is 18.6 Å². The molecule has 1 unspecified atom stereocenters. The molecule has 1 N–H and O–H groups in total. The van der Waals surface area contributed by atoms with Crippen LogP contribution < -0.4 is 0 Å². The molecule has 0 spiro atoms. The van der Waals surface area contributed by atoms with Crippen LogP contribution in [0.1, 0.15) is 28.7 Å². The van der Waals surface area contributed by atoms with Gasteiger partial charge in [-0.15, -0.1) is 0 Å². The number of aliphatic hydroxyl groups is 1. The maximum atomic E-state index is 12.6. The molecule has 0 aliphatic carbocycles. The van der Waals surface area contributed by atoms with Gasteiger partial charge < -0.3 is 14.7 Å². The number of aromatic nitrogens is 2. The molecule has 2 heterocycles. The van der Waals surface area contributed by atoms with E-state index >= 15 is 0 Å². The standard InChI is InChI=1S/C13H19N3O3/c1-3-12-11(6-9(2)14-15-12)13(18)16-4-5-19-8-10(16)7-17/h6,10,17H,3-5,7-8H2,1-2H3. The average molecular weight is 265 g/mol. The molecule has 1 atom stereocenters. The second kappa shape index (κ2) is 6.08. The summed E-state index contributed by atoms with van der Waals surface area (Å²) in [6.45, 7) is 5.03. The highest BCUT2D eigenvalue weighted by Crippen LogP contribution is 2.15. The summed E-state index contributed by atoms with van der Waals surface area (Å²) in [4.78, 5) is 14.3. The van der Waals surface area contributed by atoms with E-state index in [2.05, 4.69) is 10.2 Å². The zero-order valence-corrected chi connectivity index (χ0v) is 11.3. The molecule has 6 nitrogen and oxygen atoms in total. The highest BCUT2D eigenvalue weighted by atomic mass is 16.5. The fourth-order valence-electron chi connectivity index (χ4n) is 2.19. The molecule has 104 valence electrons. The van der Waals surface area contributed by atoms with E-state index in [1.165, 1.54) is 0 Å². The summed E-state index contributed by atoms with van der Waals surface area (Å²) in [6, 6.07) is 1.48. The van der Waals surface area contributed by atoms with Gasteiger partial charge in [0, 0.05) is 6.54 Å². The number of aliphatic hydroxyl groups excluding tert-OH is 1. The van der Waals surface area contributed by atoms with Crippen molar-refractivity contribution in [2.24, 2.45) is 0 Å². The zero-order valence-electron chi connectivity index (χ0n) is 11.3. The topological polar surface area (TPSA) is 75.6 Å². The van der Waals surface area contributed by atoms with Crippen molar-refractivity contribution in [3.63, 3.8) is 0 Å². The normalized spacial score (nSPS) is 19.5. The number of amides is 1. The van der Waals surface area contributed by atoms with Crippen molar-refractivity contribution < 1.29 is 14.6 Å². The largest absolute Gasteiger partial charge is 0.394 e. The smallest absolute Gasteiger partial charge is 0.256 e. The number of aryl methyl sites for hydroxylation is 2. The highest BCUT2D eigenvalue weighted by Gasteiger charge is 2.29. The summed E-state index contributed by atoms with van der Waals surface area (Å²) in [5.41, 5.74) is 1.99. The number of ether oxygens (including phenoxy) is 1. The van der Waals surface area contributed by atoms with Crippen molar-refractivity contribution in [2.45, 2.75) is 26.3 Å². The Labute approximate surface area is 112 Å². The van der Waals surface area contributed by atoms with Crippen molar-refractivity contribution in [3.05, 3.63) is 23.0 Å². The number of rotatable bonds is 3. The molecule has 1 amide bonds. The number of hydrogen-bond donors (Lipinski definition) is 1. The van der Waals surface area contributed by atoms with Crippen LogP contribution in [-0.2, 0) is 11.2 Å². The summed E-state index contributed by atoms with van der Waals surface area (Å²) in [7, 11) is 0. The quantitative estimate of drug-likeness (QED) is 0.844. The van der Waals surface area contributed by atoms with Gasteiger partial charge >= 0.3 is 0 Å². The fraction of sp³-hybridized carbons (Fsp3) is 0.615. The first kappa shape index (κ1) is 13.9. The molecule has 1 aliphatic heterocycles. The molecular weight excluding hydrogens is 246 g/mol. The van der Waals surface area contributed by atoms with Crippen LogP contribution in [0.5, 0.6) is 0 Å². The van der Waals surface area contributed by atoms with Crippen LogP contribution >= 0.6 is 0 Å². The van der Waals surface area contributed by atoms with Gasteiger partial charge in [0.15, 0.2) is 0 Å². The molecule has 1 aromatic heterocycles. The Morgan fingerprint density at radius 1 is 1.58 bits per heavy atom. The number of carbonyl (C=O) groups is 1. The number of morpholine rings is 1.